The lowest BCUT2D eigenvalue weighted by atomic mass is 10.2. The van der Waals surface area contributed by atoms with E-state index < -0.39 is 0 Å². The van der Waals surface area contributed by atoms with Gasteiger partial charge < -0.3 is 9.73 Å². The van der Waals surface area contributed by atoms with Gasteiger partial charge in [0.25, 0.3) is 0 Å². The van der Waals surface area contributed by atoms with Crippen molar-refractivity contribution in [2.24, 2.45) is 0 Å². The molecule has 0 unspecified atom stereocenters. The molecule has 0 spiro atoms. The summed E-state index contributed by atoms with van der Waals surface area (Å²) >= 11 is 6.17. The topological polar surface area (TPSA) is 25.2 Å². The van der Waals surface area contributed by atoms with Crippen LogP contribution >= 0.6 is 24.0 Å². The van der Waals surface area contributed by atoms with E-state index >= 15 is 0 Å². The monoisotopic (exact) mass is 311 g/mol. The van der Waals surface area contributed by atoms with Crippen LogP contribution in [0.2, 0.25) is 5.02 Å². The van der Waals surface area contributed by atoms with E-state index in [9.17, 15) is 0 Å². The van der Waals surface area contributed by atoms with E-state index in [0.717, 1.165) is 28.7 Å². The molecular formula is C16H19Cl2NO. The first kappa shape index (κ1) is 15.4. The Morgan fingerprint density at radius 2 is 1.85 bits per heavy atom. The Kier molecular flexibility index (Phi) is 5.53. The molecule has 0 saturated heterocycles. The van der Waals surface area contributed by atoms with Gasteiger partial charge in [0, 0.05) is 11.6 Å². The van der Waals surface area contributed by atoms with Crippen LogP contribution in [0.3, 0.4) is 0 Å². The van der Waals surface area contributed by atoms with Gasteiger partial charge in [0.2, 0.25) is 0 Å². The average molecular weight is 312 g/mol. The summed E-state index contributed by atoms with van der Waals surface area (Å²) in [6.45, 7) is 0.801. The van der Waals surface area contributed by atoms with Gasteiger partial charge in [-0.15, -0.1) is 12.4 Å². The molecule has 0 radical (unpaired) electrons. The Morgan fingerprint density at radius 1 is 1.10 bits per heavy atom. The molecule has 0 atom stereocenters. The second-order valence-corrected chi connectivity index (χ2v) is 5.52. The summed E-state index contributed by atoms with van der Waals surface area (Å²) in [6, 6.07) is 12.4. The zero-order valence-electron chi connectivity index (χ0n) is 11.3. The Morgan fingerprint density at radius 3 is 2.60 bits per heavy atom. The Labute approximate surface area is 130 Å². The van der Waals surface area contributed by atoms with E-state index in [2.05, 4.69) is 5.32 Å². The normalized spacial score (nSPS) is 15.2. The Hall–Kier alpha value is -0.960. The number of furan rings is 1. The zero-order valence-corrected chi connectivity index (χ0v) is 12.8. The number of halogens is 2. The lowest BCUT2D eigenvalue weighted by Crippen LogP contribution is -2.24. The maximum atomic E-state index is 6.17. The first-order valence-electron chi connectivity index (χ1n) is 6.90. The third kappa shape index (κ3) is 3.57. The van der Waals surface area contributed by atoms with Crippen molar-refractivity contribution in [1.82, 2.24) is 5.32 Å². The number of benzene rings is 1. The van der Waals surface area contributed by atoms with Crippen molar-refractivity contribution in [2.75, 3.05) is 0 Å². The third-order valence-corrected chi connectivity index (χ3v) is 4.05. The lowest BCUT2D eigenvalue weighted by Gasteiger charge is -2.09. The lowest BCUT2D eigenvalue weighted by molar-refractivity contribution is 0.452. The van der Waals surface area contributed by atoms with Crippen LogP contribution in [0, 0.1) is 0 Å². The summed E-state index contributed by atoms with van der Waals surface area (Å²) in [5.41, 5.74) is 0.955. The molecule has 1 aromatic heterocycles. The average Bonchev–Trinajstić information content (AvgIpc) is 3.08. The first-order valence-corrected chi connectivity index (χ1v) is 7.28. The fourth-order valence-electron chi connectivity index (χ4n) is 2.65. The van der Waals surface area contributed by atoms with Gasteiger partial charge in [0.1, 0.15) is 11.5 Å². The summed E-state index contributed by atoms with van der Waals surface area (Å²) in [5.74, 6) is 1.82. The smallest absolute Gasteiger partial charge is 0.135 e. The van der Waals surface area contributed by atoms with Crippen LogP contribution in [0.1, 0.15) is 31.4 Å². The van der Waals surface area contributed by atoms with Gasteiger partial charge in [0.05, 0.1) is 11.6 Å². The zero-order chi connectivity index (χ0) is 13.1. The highest BCUT2D eigenvalue weighted by Gasteiger charge is 2.15. The summed E-state index contributed by atoms with van der Waals surface area (Å²) in [7, 11) is 0. The fraction of sp³-hybridized carbons (Fsp3) is 0.375. The largest absolute Gasteiger partial charge is 0.460 e. The van der Waals surface area contributed by atoms with Gasteiger partial charge in [0.15, 0.2) is 0 Å². The SMILES string of the molecule is Cl.Clc1ccccc1-c1ccc(CNC2CCCC2)o1. The van der Waals surface area contributed by atoms with Crippen LogP contribution in [0.25, 0.3) is 11.3 Å². The molecule has 4 heteroatoms. The molecule has 0 amide bonds. The van der Waals surface area contributed by atoms with Crippen molar-refractivity contribution in [3.8, 4) is 11.3 Å². The predicted octanol–water partition coefficient (Wildman–Crippen LogP) is 5.05. The minimum Gasteiger partial charge on any atom is -0.460 e. The van der Waals surface area contributed by atoms with Gasteiger partial charge in [-0.1, -0.05) is 36.6 Å². The molecule has 1 N–H and O–H groups in total. The van der Waals surface area contributed by atoms with Crippen LogP contribution in [0.4, 0.5) is 0 Å². The van der Waals surface area contributed by atoms with E-state index in [-0.39, 0.29) is 12.4 Å². The summed E-state index contributed by atoms with van der Waals surface area (Å²) in [6.07, 6.45) is 5.28. The summed E-state index contributed by atoms with van der Waals surface area (Å²) in [4.78, 5) is 0. The molecule has 0 aliphatic heterocycles. The van der Waals surface area contributed by atoms with Crippen molar-refractivity contribution in [1.29, 1.82) is 0 Å². The van der Waals surface area contributed by atoms with Gasteiger partial charge in [-0.25, -0.2) is 0 Å². The van der Waals surface area contributed by atoms with Crippen LogP contribution in [-0.2, 0) is 6.54 Å². The second-order valence-electron chi connectivity index (χ2n) is 5.11. The molecule has 2 nitrogen and oxygen atoms in total. The standard InChI is InChI=1S/C16H18ClNO.ClH/c17-15-8-4-3-7-14(15)16-10-9-13(19-16)11-18-12-5-1-2-6-12;/h3-4,7-10,12,18H,1-2,5-6,11H2;1H. The maximum Gasteiger partial charge on any atom is 0.135 e. The predicted molar refractivity (Wildman–Crippen MR) is 85.5 cm³/mol. The van der Waals surface area contributed by atoms with Crippen molar-refractivity contribution in [2.45, 2.75) is 38.3 Å². The van der Waals surface area contributed by atoms with Crippen molar-refractivity contribution < 1.29 is 4.42 Å². The quantitative estimate of drug-likeness (QED) is 0.854. The van der Waals surface area contributed by atoms with Gasteiger partial charge in [-0.2, -0.15) is 0 Å². The Bertz CT molecular complexity index is 547. The van der Waals surface area contributed by atoms with Gasteiger partial charge in [-0.05, 0) is 37.1 Å². The van der Waals surface area contributed by atoms with Gasteiger partial charge >= 0.3 is 0 Å². The van der Waals surface area contributed by atoms with Crippen molar-refractivity contribution >= 4 is 24.0 Å². The highest BCUT2D eigenvalue weighted by molar-refractivity contribution is 6.33. The summed E-state index contributed by atoms with van der Waals surface area (Å²) < 4.78 is 5.86. The maximum absolute atomic E-state index is 6.17. The van der Waals surface area contributed by atoms with Gasteiger partial charge in [-0.3, -0.25) is 0 Å². The fourth-order valence-corrected chi connectivity index (χ4v) is 2.88. The molecule has 1 aliphatic carbocycles. The number of rotatable bonds is 4. The molecular weight excluding hydrogens is 293 g/mol. The van der Waals surface area contributed by atoms with Crippen molar-refractivity contribution in [3.63, 3.8) is 0 Å². The number of hydrogen-bond donors (Lipinski definition) is 1. The number of nitrogens with one attached hydrogen (secondary N) is 1. The minimum atomic E-state index is 0. The van der Waals surface area contributed by atoms with Crippen molar-refractivity contribution in [3.05, 3.63) is 47.2 Å². The Balaban J connectivity index is 0.00000147. The molecule has 1 fully saturated rings. The highest BCUT2D eigenvalue weighted by atomic mass is 35.5. The van der Waals surface area contributed by atoms with Crippen LogP contribution in [-0.4, -0.2) is 6.04 Å². The highest BCUT2D eigenvalue weighted by Crippen LogP contribution is 2.29. The number of hydrogen-bond acceptors (Lipinski definition) is 2. The second kappa shape index (κ2) is 7.16. The van der Waals surface area contributed by atoms with Crippen LogP contribution < -0.4 is 5.32 Å². The minimum absolute atomic E-state index is 0. The third-order valence-electron chi connectivity index (χ3n) is 3.72. The molecule has 1 heterocycles. The molecule has 20 heavy (non-hydrogen) atoms. The van der Waals surface area contributed by atoms with E-state index in [4.69, 9.17) is 16.0 Å². The van der Waals surface area contributed by atoms with Crippen LogP contribution in [0.15, 0.2) is 40.8 Å². The molecule has 1 aliphatic rings. The van der Waals surface area contributed by atoms with Crippen LogP contribution in [0.5, 0.6) is 0 Å². The first-order chi connectivity index (χ1) is 9.33. The molecule has 1 saturated carbocycles. The summed E-state index contributed by atoms with van der Waals surface area (Å²) in [5, 5.41) is 4.28. The van der Waals surface area contributed by atoms with E-state index in [1.54, 1.807) is 0 Å². The van der Waals surface area contributed by atoms with E-state index in [0.29, 0.717) is 6.04 Å². The van der Waals surface area contributed by atoms with E-state index in [1.165, 1.54) is 25.7 Å². The molecule has 1 aromatic carbocycles. The molecule has 0 bridgehead atoms. The molecule has 2 aromatic rings. The molecule has 108 valence electrons. The molecule has 3 rings (SSSR count). The van der Waals surface area contributed by atoms with E-state index in [1.807, 2.05) is 36.4 Å².